The Morgan fingerprint density at radius 3 is 2.73 bits per heavy atom. The standard InChI is InChI=1S/C12H16O3/c1-14-11-7-6-8-9(12(11)15-2)4-3-5-10(8)13/h6-7,10,13H,3-5H2,1-2H3/t10-/m0/s1. The molecule has 0 saturated carbocycles. The third-order valence-electron chi connectivity index (χ3n) is 2.95. The lowest BCUT2D eigenvalue weighted by Gasteiger charge is -2.24. The van der Waals surface area contributed by atoms with Gasteiger partial charge in [-0.15, -0.1) is 0 Å². The van der Waals surface area contributed by atoms with Crippen molar-refractivity contribution < 1.29 is 14.6 Å². The minimum atomic E-state index is -0.353. The van der Waals surface area contributed by atoms with Crippen LogP contribution in [0.3, 0.4) is 0 Å². The van der Waals surface area contributed by atoms with E-state index in [2.05, 4.69) is 0 Å². The van der Waals surface area contributed by atoms with E-state index in [-0.39, 0.29) is 6.10 Å². The number of hydrogen-bond acceptors (Lipinski definition) is 3. The molecule has 1 aliphatic rings. The molecule has 0 fully saturated rings. The summed E-state index contributed by atoms with van der Waals surface area (Å²) in [5.74, 6) is 1.51. The van der Waals surface area contributed by atoms with Gasteiger partial charge in [0.1, 0.15) is 0 Å². The first kappa shape index (κ1) is 10.3. The SMILES string of the molecule is COc1ccc2c(c1OC)CCC[C@@H]2O. The summed E-state index contributed by atoms with van der Waals surface area (Å²) >= 11 is 0. The van der Waals surface area contributed by atoms with E-state index in [4.69, 9.17) is 9.47 Å². The van der Waals surface area contributed by atoms with Crippen molar-refractivity contribution in [3.05, 3.63) is 23.3 Å². The maximum atomic E-state index is 9.85. The molecule has 0 spiro atoms. The predicted molar refractivity (Wildman–Crippen MR) is 57.4 cm³/mol. The molecule has 1 N–H and O–H groups in total. The number of benzene rings is 1. The van der Waals surface area contributed by atoms with E-state index in [1.54, 1.807) is 14.2 Å². The first-order valence-electron chi connectivity index (χ1n) is 5.19. The Labute approximate surface area is 89.6 Å². The van der Waals surface area contributed by atoms with Gasteiger partial charge in [-0.25, -0.2) is 0 Å². The minimum absolute atomic E-state index is 0.353. The van der Waals surface area contributed by atoms with Gasteiger partial charge in [-0.1, -0.05) is 6.07 Å². The predicted octanol–water partition coefficient (Wildman–Crippen LogP) is 2.07. The lowest BCUT2D eigenvalue weighted by Crippen LogP contribution is -2.11. The van der Waals surface area contributed by atoms with Crippen LogP contribution in [0, 0.1) is 0 Å². The van der Waals surface area contributed by atoms with Gasteiger partial charge in [-0.2, -0.15) is 0 Å². The zero-order valence-corrected chi connectivity index (χ0v) is 9.12. The molecular formula is C12H16O3. The van der Waals surface area contributed by atoms with Crippen molar-refractivity contribution in [2.24, 2.45) is 0 Å². The van der Waals surface area contributed by atoms with Crippen LogP contribution in [0.4, 0.5) is 0 Å². The van der Waals surface area contributed by atoms with Gasteiger partial charge in [0, 0.05) is 5.56 Å². The molecule has 0 heterocycles. The molecule has 1 aliphatic carbocycles. The summed E-state index contributed by atoms with van der Waals surface area (Å²) in [6.45, 7) is 0. The number of aliphatic hydroxyl groups is 1. The third kappa shape index (κ3) is 1.67. The van der Waals surface area contributed by atoms with Crippen molar-refractivity contribution in [3.8, 4) is 11.5 Å². The van der Waals surface area contributed by atoms with Gasteiger partial charge in [-0.05, 0) is 30.9 Å². The Bertz CT molecular complexity index is 360. The quantitative estimate of drug-likeness (QED) is 0.808. The second-order valence-corrected chi connectivity index (χ2v) is 3.78. The second-order valence-electron chi connectivity index (χ2n) is 3.78. The summed E-state index contributed by atoms with van der Waals surface area (Å²) < 4.78 is 10.6. The van der Waals surface area contributed by atoms with Crippen LogP contribution >= 0.6 is 0 Å². The topological polar surface area (TPSA) is 38.7 Å². The highest BCUT2D eigenvalue weighted by Gasteiger charge is 2.23. The van der Waals surface area contributed by atoms with Gasteiger partial charge >= 0.3 is 0 Å². The fraction of sp³-hybridized carbons (Fsp3) is 0.500. The van der Waals surface area contributed by atoms with Crippen LogP contribution in [-0.4, -0.2) is 19.3 Å². The van der Waals surface area contributed by atoms with Crippen LogP contribution in [0.25, 0.3) is 0 Å². The molecule has 3 nitrogen and oxygen atoms in total. The maximum Gasteiger partial charge on any atom is 0.164 e. The lowest BCUT2D eigenvalue weighted by molar-refractivity contribution is 0.155. The van der Waals surface area contributed by atoms with E-state index in [0.29, 0.717) is 0 Å². The van der Waals surface area contributed by atoms with Crippen molar-refractivity contribution in [2.75, 3.05) is 14.2 Å². The molecule has 15 heavy (non-hydrogen) atoms. The van der Waals surface area contributed by atoms with E-state index >= 15 is 0 Å². The summed E-state index contributed by atoms with van der Waals surface area (Å²) in [4.78, 5) is 0. The molecule has 0 bridgehead atoms. The Kier molecular flexibility index (Phi) is 2.82. The summed E-state index contributed by atoms with van der Waals surface area (Å²) in [5, 5.41) is 9.85. The number of ether oxygens (including phenoxy) is 2. The number of aliphatic hydroxyl groups excluding tert-OH is 1. The molecule has 1 aromatic rings. The molecule has 1 aromatic carbocycles. The van der Waals surface area contributed by atoms with Gasteiger partial charge in [0.15, 0.2) is 11.5 Å². The Balaban J connectivity index is 2.53. The summed E-state index contributed by atoms with van der Waals surface area (Å²) in [7, 11) is 3.27. The second kappa shape index (κ2) is 4.11. The first-order chi connectivity index (χ1) is 7.27. The van der Waals surface area contributed by atoms with E-state index in [0.717, 1.165) is 41.9 Å². The molecule has 2 rings (SSSR count). The molecule has 0 radical (unpaired) electrons. The van der Waals surface area contributed by atoms with Gasteiger partial charge < -0.3 is 14.6 Å². The van der Waals surface area contributed by atoms with Crippen molar-refractivity contribution in [2.45, 2.75) is 25.4 Å². The highest BCUT2D eigenvalue weighted by molar-refractivity contribution is 5.52. The van der Waals surface area contributed by atoms with Gasteiger partial charge in [-0.3, -0.25) is 0 Å². The molecule has 1 atom stereocenters. The van der Waals surface area contributed by atoms with Gasteiger partial charge in [0.05, 0.1) is 20.3 Å². The van der Waals surface area contributed by atoms with Gasteiger partial charge in [0.25, 0.3) is 0 Å². The van der Waals surface area contributed by atoms with E-state index < -0.39 is 0 Å². The van der Waals surface area contributed by atoms with Crippen molar-refractivity contribution in [1.29, 1.82) is 0 Å². The number of methoxy groups -OCH3 is 2. The van der Waals surface area contributed by atoms with Crippen molar-refractivity contribution >= 4 is 0 Å². The van der Waals surface area contributed by atoms with Crippen LogP contribution in [-0.2, 0) is 6.42 Å². The van der Waals surface area contributed by atoms with Crippen LogP contribution < -0.4 is 9.47 Å². The fourth-order valence-electron chi connectivity index (χ4n) is 2.20. The monoisotopic (exact) mass is 208 g/mol. The average Bonchev–Trinajstić information content (AvgIpc) is 2.28. The number of fused-ring (bicyclic) bond motifs is 1. The molecular weight excluding hydrogens is 192 g/mol. The molecule has 3 heteroatoms. The molecule has 0 unspecified atom stereocenters. The van der Waals surface area contributed by atoms with Crippen molar-refractivity contribution in [1.82, 2.24) is 0 Å². The summed E-state index contributed by atoms with van der Waals surface area (Å²) in [6.07, 6.45) is 2.43. The zero-order valence-electron chi connectivity index (χ0n) is 9.12. The third-order valence-corrected chi connectivity index (χ3v) is 2.95. The Hall–Kier alpha value is -1.22. The number of hydrogen-bond donors (Lipinski definition) is 1. The average molecular weight is 208 g/mol. The van der Waals surface area contributed by atoms with Crippen LogP contribution in [0.5, 0.6) is 11.5 Å². The highest BCUT2D eigenvalue weighted by atomic mass is 16.5. The molecule has 82 valence electrons. The maximum absolute atomic E-state index is 9.85. The smallest absolute Gasteiger partial charge is 0.164 e. The Morgan fingerprint density at radius 1 is 1.27 bits per heavy atom. The first-order valence-corrected chi connectivity index (χ1v) is 5.19. The molecule has 0 aromatic heterocycles. The Morgan fingerprint density at radius 2 is 2.07 bits per heavy atom. The van der Waals surface area contributed by atoms with Gasteiger partial charge in [0.2, 0.25) is 0 Å². The fourth-order valence-corrected chi connectivity index (χ4v) is 2.20. The molecule has 0 saturated heterocycles. The summed E-state index contributed by atoms with van der Waals surface area (Å²) in [6, 6.07) is 3.78. The summed E-state index contributed by atoms with van der Waals surface area (Å²) in [5.41, 5.74) is 2.08. The van der Waals surface area contributed by atoms with E-state index in [9.17, 15) is 5.11 Å². The minimum Gasteiger partial charge on any atom is -0.493 e. The largest absolute Gasteiger partial charge is 0.493 e. The van der Waals surface area contributed by atoms with Crippen LogP contribution in [0.15, 0.2) is 12.1 Å². The number of rotatable bonds is 2. The highest BCUT2D eigenvalue weighted by Crippen LogP contribution is 2.40. The zero-order chi connectivity index (χ0) is 10.8. The van der Waals surface area contributed by atoms with Crippen LogP contribution in [0.1, 0.15) is 30.1 Å². The lowest BCUT2D eigenvalue weighted by atomic mass is 9.88. The molecule has 0 amide bonds. The normalized spacial score (nSPS) is 19.5. The van der Waals surface area contributed by atoms with Crippen LogP contribution in [0.2, 0.25) is 0 Å². The van der Waals surface area contributed by atoms with E-state index in [1.807, 2.05) is 12.1 Å². The molecule has 0 aliphatic heterocycles. The van der Waals surface area contributed by atoms with E-state index in [1.165, 1.54) is 0 Å². The van der Waals surface area contributed by atoms with Crippen molar-refractivity contribution in [3.63, 3.8) is 0 Å².